The van der Waals surface area contributed by atoms with E-state index < -0.39 is 28.1 Å². The number of hydrogen-bond donors (Lipinski definition) is 0. The van der Waals surface area contributed by atoms with Crippen molar-refractivity contribution in [2.24, 2.45) is 5.16 Å². The van der Waals surface area contributed by atoms with Crippen molar-refractivity contribution in [1.82, 2.24) is 0 Å². The van der Waals surface area contributed by atoms with Crippen LogP contribution in [0, 0.1) is 15.9 Å². The van der Waals surface area contributed by atoms with Crippen LogP contribution in [0.2, 0.25) is 0 Å². The van der Waals surface area contributed by atoms with Crippen LogP contribution in [0.3, 0.4) is 0 Å². The first kappa shape index (κ1) is 21.9. The standard InChI is InChI=1S/C22H16F4N2O3/c1-2-19(15-9-7-14(8-10-15)17-5-3-4-6-18(17)23)27-31-21-12-11-16(22(24,25)26)13-20(21)28(29)30/h3-13H,2H2,1H3. The van der Waals surface area contributed by atoms with Gasteiger partial charge < -0.3 is 4.84 Å². The van der Waals surface area contributed by atoms with Gasteiger partial charge in [0.1, 0.15) is 5.82 Å². The van der Waals surface area contributed by atoms with Gasteiger partial charge in [-0.05, 0) is 35.7 Å². The first-order chi connectivity index (χ1) is 14.7. The number of nitro benzene ring substituents is 1. The zero-order valence-electron chi connectivity index (χ0n) is 16.2. The summed E-state index contributed by atoms with van der Waals surface area (Å²) in [4.78, 5) is 15.3. The molecule has 0 amide bonds. The van der Waals surface area contributed by atoms with Crippen molar-refractivity contribution in [3.8, 4) is 16.9 Å². The van der Waals surface area contributed by atoms with Gasteiger partial charge in [0.05, 0.1) is 16.2 Å². The Morgan fingerprint density at radius 3 is 2.32 bits per heavy atom. The lowest BCUT2D eigenvalue weighted by Crippen LogP contribution is -2.07. The second kappa shape index (κ2) is 8.95. The number of rotatable bonds is 6. The largest absolute Gasteiger partial charge is 0.416 e. The van der Waals surface area contributed by atoms with Crippen molar-refractivity contribution in [2.75, 3.05) is 0 Å². The number of nitro groups is 1. The van der Waals surface area contributed by atoms with Crippen LogP contribution in [-0.2, 0) is 6.18 Å². The summed E-state index contributed by atoms with van der Waals surface area (Å²) in [5.74, 6) is -0.774. The molecular weight excluding hydrogens is 416 g/mol. The normalized spacial score (nSPS) is 12.0. The van der Waals surface area contributed by atoms with E-state index in [9.17, 15) is 27.7 Å². The van der Waals surface area contributed by atoms with Crippen LogP contribution in [-0.4, -0.2) is 10.6 Å². The molecule has 3 rings (SSSR count). The average molecular weight is 432 g/mol. The fourth-order valence-corrected chi connectivity index (χ4v) is 2.88. The van der Waals surface area contributed by atoms with Gasteiger partial charge in [0.15, 0.2) is 0 Å². The van der Waals surface area contributed by atoms with E-state index in [0.717, 1.165) is 6.07 Å². The van der Waals surface area contributed by atoms with Crippen molar-refractivity contribution < 1.29 is 27.3 Å². The Labute approximate surface area is 174 Å². The average Bonchev–Trinajstić information content (AvgIpc) is 2.74. The summed E-state index contributed by atoms with van der Waals surface area (Å²) in [5, 5.41) is 15.1. The van der Waals surface area contributed by atoms with Crippen LogP contribution in [0.15, 0.2) is 71.9 Å². The molecule has 31 heavy (non-hydrogen) atoms. The number of benzene rings is 3. The quantitative estimate of drug-likeness (QED) is 0.190. The molecule has 0 aromatic heterocycles. The highest BCUT2D eigenvalue weighted by atomic mass is 19.4. The Kier molecular flexibility index (Phi) is 6.33. The minimum absolute atomic E-state index is 0.363. The third kappa shape index (κ3) is 5.06. The number of halogens is 4. The number of nitrogens with zero attached hydrogens (tertiary/aromatic N) is 2. The van der Waals surface area contributed by atoms with Gasteiger partial charge in [0.2, 0.25) is 5.75 Å². The topological polar surface area (TPSA) is 64.7 Å². The molecule has 0 atom stereocenters. The maximum atomic E-state index is 13.9. The molecule has 0 spiro atoms. The fraction of sp³-hybridized carbons (Fsp3) is 0.136. The molecule has 0 N–H and O–H groups in total. The third-order valence-electron chi connectivity index (χ3n) is 4.48. The second-order valence-corrected chi connectivity index (χ2v) is 6.48. The summed E-state index contributed by atoms with van der Waals surface area (Å²) in [7, 11) is 0. The van der Waals surface area contributed by atoms with Gasteiger partial charge in [-0.3, -0.25) is 10.1 Å². The Morgan fingerprint density at radius 1 is 1.06 bits per heavy atom. The van der Waals surface area contributed by atoms with E-state index in [0.29, 0.717) is 41.0 Å². The Bertz CT molecular complexity index is 1130. The molecule has 0 saturated carbocycles. The summed E-state index contributed by atoms with van der Waals surface area (Å²) >= 11 is 0. The smallest absolute Gasteiger partial charge is 0.349 e. The molecule has 3 aromatic rings. The predicted molar refractivity (Wildman–Crippen MR) is 107 cm³/mol. The van der Waals surface area contributed by atoms with Gasteiger partial charge in [-0.1, -0.05) is 54.5 Å². The molecule has 0 saturated heterocycles. The molecule has 0 heterocycles. The van der Waals surface area contributed by atoms with Gasteiger partial charge in [-0.25, -0.2) is 4.39 Å². The van der Waals surface area contributed by atoms with Gasteiger partial charge in [-0.2, -0.15) is 13.2 Å². The third-order valence-corrected chi connectivity index (χ3v) is 4.48. The Balaban J connectivity index is 1.87. The highest BCUT2D eigenvalue weighted by molar-refractivity contribution is 6.00. The van der Waals surface area contributed by atoms with E-state index in [-0.39, 0.29) is 5.82 Å². The summed E-state index contributed by atoms with van der Waals surface area (Å²) in [5.41, 5.74) is 0.114. The van der Waals surface area contributed by atoms with E-state index in [4.69, 9.17) is 4.84 Å². The SMILES string of the molecule is CCC(=NOc1ccc(C(F)(F)F)cc1[N+](=O)[O-])c1ccc(-c2ccccc2F)cc1. The van der Waals surface area contributed by atoms with Crippen LogP contribution in [0.4, 0.5) is 23.2 Å². The zero-order valence-corrected chi connectivity index (χ0v) is 16.2. The molecule has 0 bridgehead atoms. The highest BCUT2D eigenvalue weighted by Crippen LogP contribution is 2.36. The van der Waals surface area contributed by atoms with E-state index in [1.165, 1.54) is 6.07 Å². The van der Waals surface area contributed by atoms with Crippen molar-refractivity contribution in [2.45, 2.75) is 19.5 Å². The van der Waals surface area contributed by atoms with Crippen LogP contribution in [0.5, 0.6) is 5.75 Å². The lowest BCUT2D eigenvalue weighted by atomic mass is 10.0. The van der Waals surface area contributed by atoms with Crippen molar-refractivity contribution in [3.63, 3.8) is 0 Å². The van der Waals surface area contributed by atoms with Gasteiger partial charge in [0, 0.05) is 11.6 Å². The zero-order chi connectivity index (χ0) is 22.6. The van der Waals surface area contributed by atoms with Crippen LogP contribution in [0.1, 0.15) is 24.5 Å². The maximum absolute atomic E-state index is 13.9. The maximum Gasteiger partial charge on any atom is 0.416 e. The van der Waals surface area contributed by atoms with Gasteiger partial charge in [-0.15, -0.1) is 0 Å². The van der Waals surface area contributed by atoms with E-state index >= 15 is 0 Å². The summed E-state index contributed by atoms with van der Waals surface area (Å²) in [6.45, 7) is 1.77. The van der Waals surface area contributed by atoms with Crippen molar-refractivity contribution in [1.29, 1.82) is 0 Å². The first-order valence-corrected chi connectivity index (χ1v) is 9.15. The minimum Gasteiger partial charge on any atom is -0.349 e. The van der Waals surface area contributed by atoms with E-state index in [1.54, 1.807) is 49.4 Å². The summed E-state index contributed by atoms with van der Waals surface area (Å²) in [6.07, 6.45) is -4.34. The van der Waals surface area contributed by atoms with Gasteiger partial charge in [0.25, 0.3) is 0 Å². The summed E-state index contributed by atoms with van der Waals surface area (Å²) in [6, 6.07) is 15.0. The van der Waals surface area contributed by atoms with E-state index in [1.807, 2.05) is 0 Å². The Hall–Kier alpha value is -3.75. The number of oxime groups is 1. The molecule has 5 nitrogen and oxygen atoms in total. The van der Waals surface area contributed by atoms with E-state index in [2.05, 4.69) is 5.16 Å². The minimum atomic E-state index is -4.72. The lowest BCUT2D eigenvalue weighted by molar-refractivity contribution is -0.386. The predicted octanol–water partition coefficient (Wildman–Crippen LogP) is 6.61. The molecule has 3 aromatic carbocycles. The lowest BCUT2D eigenvalue weighted by Gasteiger charge is -2.09. The summed E-state index contributed by atoms with van der Waals surface area (Å²) < 4.78 is 52.4. The fourth-order valence-electron chi connectivity index (χ4n) is 2.88. The molecule has 0 aliphatic heterocycles. The van der Waals surface area contributed by atoms with Crippen molar-refractivity contribution in [3.05, 3.63) is 93.8 Å². The van der Waals surface area contributed by atoms with Crippen LogP contribution < -0.4 is 4.84 Å². The molecule has 0 unspecified atom stereocenters. The number of alkyl halides is 3. The number of hydrogen-bond acceptors (Lipinski definition) is 4. The molecule has 0 aliphatic carbocycles. The molecule has 0 radical (unpaired) electrons. The monoisotopic (exact) mass is 432 g/mol. The molecule has 0 aliphatic rings. The molecule has 160 valence electrons. The highest BCUT2D eigenvalue weighted by Gasteiger charge is 2.33. The first-order valence-electron chi connectivity index (χ1n) is 9.15. The van der Waals surface area contributed by atoms with Crippen molar-refractivity contribution >= 4 is 11.4 Å². The van der Waals surface area contributed by atoms with Crippen LogP contribution in [0.25, 0.3) is 11.1 Å². The molecular formula is C22H16F4N2O3. The van der Waals surface area contributed by atoms with Crippen LogP contribution >= 0.6 is 0 Å². The molecule has 9 heteroatoms. The second-order valence-electron chi connectivity index (χ2n) is 6.48. The molecule has 0 fully saturated rings. The van der Waals surface area contributed by atoms with Gasteiger partial charge >= 0.3 is 11.9 Å². The Morgan fingerprint density at radius 2 is 1.74 bits per heavy atom.